The van der Waals surface area contributed by atoms with E-state index in [-0.39, 0.29) is 42.9 Å². The molecule has 3 aromatic rings. The molecule has 2 heterocycles. The molecule has 0 fully saturated rings. The molecule has 7 nitrogen and oxygen atoms in total. The van der Waals surface area contributed by atoms with E-state index in [0.29, 0.717) is 33.1 Å². The summed E-state index contributed by atoms with van der Waals surface area (Å²) in [6.45, 7) is 2.04. The number of rotatable bonds is 8. The van der Waals surface area contributed by atoms with Gasteiger partial charge in [0.05, 0.1) is 17.7 Å². The molecule has 174 valence electrons. The molecule has 0 aliphatic carbocycles. The molecule has 0 radical (unpaired) electrons. The molecular weight excluding hydrogens is 476 g/mol. The number of fused-ring (bicyclic) bond motifs is 1. The van der Waals surface area contributed by atoms with Gasteiger partial charge in [0, 0.05) is 28.9 Å². The minimum Gasteiger partial charge on any atom is -0.462 e. The second kappa shape index (κ2) is 10.2. The average molecular weight is 497 g/mol. The van der Waals surface area contributed by atoms with Crippen LogP contribution in [0.4, 0.5) is 5.00 Å². The van der Waals surface area contributed by atoms with Gasteiger partial charge in [-0.3, -0.25) is 19.3 Å². The Kier molecular flexibility index (Phi) is 7.09. The molecule has 3 amide bonds. The lowest BCUT2D eigenvalue weighted by atomic mass is 10.0. The molecule has 2 aromatic carbocycles. The quantitative estimate of drug-likeness (QED) is 0.339. The summed E-state index contributed by atoms with van der Waals surface area (Å²) in [5.74, 6) is -1.56. The number of nitrogens with one attached hydrogen (secondary N) is 1. The third-order valence-electron chi connectivity index (χ3n) is 5.34. The van der Waals surface area contributed by atoms with Crippen molar-refractivity contribution in [2.24, 2.45) is 0 Å². The SMILES string of the molecule is CCOC(=O)c1c(-c2ccc(Cl)cc2)csc1NC(=O)CCCN1C(=O)c2ccccc2C1=O. The van der Waals surface area contributed by atoms with Crippen LogP contribution in [0.3, 0.4) is 0 Å². The number of ether oxygens (including phenoxy) is 1. The van der Waals surface area contributed by atoms with Crippen molar-refractivity contribution in [3.05, 3.63) is 75.6 Å². The number of amides is 3. The Bertz CT molecular complexity index is 1230. The number of thiophene rings is 1. The standard InChI is InChI=1S/C25H21ClN2O5S/c1-2-33-25(32)21-19(15-9-11-16(26)12-10-15)14-34-22(21)27-20(29)8-5-13-28-23(30)17-6-3-4-7-18(17)24(28)31/h3-4,6-7,9-12,14H,2,5,8,13H2,1H3,(H,27,29). The molecule has 0 saturated carbocycles. The highest BCUT2D eigenvalue weighted by Gasteiger charge is 2.34. The van der Waals surface area contributed by atoms with Crippen LogP contribution in [0.2, 0.25) is 5.02 Å². The van der Waals surface area contributed by atoms with E-state index in [2.05, 4.69) is 5.32 Å². The third-order valence-corrected chi connectivity index (χ3v) is 6.49. The Morgan fingerprint density at radius 2 is 1.65 bits per heavy atom. The number of benzene rings is 2. The van der Waals surface area contributed by atoms with E-state index in [1.54, 1.807) is 60.8 Å². The van der Waals surface area contributed by atoms with Crippen LogP contribution < -0.4 is 5.32 Å². The van der Waals surface area contributed by atoms with Crippen molar-refractivity contribution in [3.8, 4) is 11.1 Å². The number of hydrogen-bond acceptors (Lipinski definition) is 6. The molecule has 0 saturated heterocycles. The molecule has 1 aliphatic heterocycles. The zero-order valence-corrected chi connectivity index (χ0v) is 19.9. The van der Waals surface area contributed by atoms with Crippen molar-refractivity contribution in [3.63, 3.8) is 0 Å². The largest absolute Gasteiger partial charge is 0.462 e. The summed E-state index contributed by atoms with van der Waals surface area (Å²) in [7, 11) is 0. The van der Waals surface area contributed by atoms with Crippen molar-refractivity contribution in [2.45, 2.75) is 19.8 Å². The summed E-state index contributed by atoms with van der Waals surface area (Å²) in [5, 5.41) is 5.52. The predicted molar refractivity (Wildman–Crippen MR) is 130 cm³/mol. The molecule has 4 rings (SSSR count). The lowest BCUT2D eigenvalue weighted by molar-refractivity contribution is -0.116. The van der Waals surface area contributed by atoms with E-state index in [4.69, 9.17) is 16.3 Å². The Morgan fingerprint density at radius 1 is 1.00 bits per heavy atom. The summed E-state index contributed by atoms with van der Waals surface area (Å²) < 4.78 is 5.21. The van der Waals surface area contributed by atoms with E-state index < -0.39 is 5.97 Å². The lowest BCUT2D eigenvalue weighted by Gasteiger charge is -2.13. The van der Waals surface area contributed by atoms with Gasteiger partial charge in [0.2, 0.25) is 5.91 Å². The number of nitrogens with zero attached hydrogens (tertiary/aromatic N) is 1. The second-order valence-corrected chi connectivity index (χ2v) is 8.86. The van der Waals surface area contributed by atoms with Crippen LogP contribution in [-0.2, 0) is 9.53 Å². The number of anilines is 1. The number of halogens is 1. The highest BCUT2D eigenvalue weighted by Crippen LogP contribution is 2.37. The first-order chi connectivity index (χ1) is 16.4. The number of imide groups is 1. The smallest absolute Gasteiger partial charge is 0.341 e. The van der Waals surface area contributed by atoms with Crippen LogP contribution in [0.1, 0.15) is 50.8 Å². The van der Waals surface area contributed by atoms with Gasteiger partial charge in [-0.25, -0.2) is 4.79 Å². The zero-order valence-electron chi connectivity index (χ0n) is 18.3. The van der Waals surface area contributed by atoms with Crippen molar-refractivity contribution >= 4 is 51.6 Å². The van der Waals surface area contributed by atoms with E-state index >= 15 is 0 Å². The van der Waals surface area contributed by atoms with Crippen LogP contribution in [0, 0.1) is 0 Å². The molecule has 0 atom stereocenters. The van der Waals surface area contributed by atoms with Gasteiger partial charge in [0.15, 0.2) is 0 Å². The number of hydrogen-bond donors (Lipinski definition) is 1. The maximum Gasteiger partial charge on any atom is 0.341 e. The van der Waals surface area contributed by atoms with Crippen LogP contribution in [0.25, 0.3) is 11.1 Å². The Balaban J connectivity index is 1.43. The molecule has 9 heteroatoms. The van der Waals surface area contributed by atoms with Crippen LogP contribution in [-0.4, -0.2) is 41.7 Å². The van der Waals surface area contributed by atoms with Gasteiger partial charge in [0.1, 0.15) is 10.6 Å². The van der Waals surface area contributed by atoms with Gasteiger partial charge in [-0.15, -0.1) is 11.3 Å². The monoisotopic (exact) mass is 496 g/mol. The van der Waals surface area contributed by atoms with E-state index in [1.807, 2.05) is 0 Å². The van der Waals surface area contributed by atoms with E-state index in [1.165, 1.54) is 11.3 Å². The maximum atomic E-state index is 12.7. The molecule has 0 spiro atoms. The molecule has 1 aromatic heterocycles. The predicted octanol–water partition coefficient (Wildman–Crippen LogP) is 5.26. The molecule has 1 aliphatic rings. The fraction of sp³-hybridized carbons (Fsp3) is 0.200. The number of esters is 1. The average Bonchev–Trinajstić information content (AvgIpc) is 3.34. The molecule has 0 unspecified atom stereocenters. The lowest BCUT2D eigenvalue weighted by Crippen LogP contribution is -2.31. The van der Waals surface area contributed by atoms with E-state index in [9.17, 15) is 19.2 Å². The Hall–Kier alpha value is -3.49. The normalized spacial score (nSPS) is 12.6. The van der Waals surface area contributed by atoms with Crippen molar-refractivity contribution in [2.75, 3.05) is 18.5 Å². The van der Waals surface area contributed by atoms with E-state index in [0.717, 1.165) is 10.5 Å². The van der Waals surface area contributed by atoms with Gasteiger partial charge in [-0.05, 0) is 43.2 Å². The van der Waals surface area contributed by atoms with Crippen molar-refractivity contribution in [1.29, 1.82) is 0 Å². The summed E-state index contributed by atoms with van der Waals surface area (Å²) in [6, 6.07) is 13.7. The minimum absolute atomic E-state index is 0.0733. The number of carbonyl (C=O) groups excluding carboxylic acids is 4. The summed E-state index contributed by atoms with van der Waals surface area (Å²) in [5.41, 5.74) is 2.45. The Morgan fingerprint density at radius 3 is 2.26 bits per heavy atom. The fourth-order valence-corrected chi connectivity index (χ4v) is 4.83. The summed E-state index contributed by atoms with van der Waals surface area (Å²) in [4.78, 5) is 51.4. The van der Waals surface area contributed by atoms with Crippen molar-refractivity contribution < 1.29 is 23.9 Å². The molecule has 34 heavy (non-hydrogen) atoms. The highest BCUT2D eigenvalue weighted by molar-refractivity contribution is 7.15. The van der Waals surface area contributed by atoms with Crippen LogP contribution in [0.5, 0.6) is 0 Å². The van der Waals surface area contributed by atoms with Crippen LogP contribution in [0.15, 0.2) is 53.9 Å². The molecule has 0 bridgehead atoms. The number of carbonyl (C=O) groups is 4. The first-order valence-electron chi connectivity index (χ1n) is 10.7. The minimum atomic E-state index is -0.532. The van der Waals surface area contributed by atoms with Crippen molar-refractivity contribution in [1.82, 2.24) is 4.90 Å². The first-order valence-corrected chi connectivity index (χ1v) is 12.0. The summed E-state index contributed by atoms with van der Waals surface area (Å²) >= 11 is 7.20. The Labute approximate surface area is 205 Å². The molecule has 1 N–H and O–H groups in total. The van der Waals surface area contributed by atoms with Crippen LogP contribution >= 0.6 is 22.9 Å². The summed E-state index contributed by atoms with van der Waals surface area (Å²) in [6.07, 6.45) is 0.366. The third kappa shape index (κ3) is 4.73. The highest BCUT2D eigenvalue weighted by atomic mass is 35.5. The molecular formula is C25H21ClN2O5S. The van der Waals surface area contributed by atoms with Gasteiger partial charge < -0.3 is 10.1 Å². The van der Waals surface area contributed by atoms with Gasteiger partial charge >= 0.3 is 5.97 Å². The zero-order chi connectivity index (χ0) is 24.2. The fourth-order valence-electron chi connectivity index (χ4n) is 3.73. The van der Waals surface area contributed by atoms with Gasteiger partial charge in [-0.1, -0.05) is 35.9 Å². The topological polar surface area (TPSA) is 92.8 Å². The second-order valence-electron chi connectivity index (χ2n) is 7.54. The van der Waals surface area contributed by atoms with Gasteiger partial charge in [-0.2, -0.15) is 0 Å². The van der Waals surface area contributed by atoms with Gasteiger partial charge in [0.25, 0.3) is 11.8 Å². The first kappa shape index (κ1) is 23.7. The maximum absolute atomic E-state index is 12.7.